The summed E-state index contributed by atoms with van der Waals surface area (Å²) in [4.78, 5) is 14.9. The summed E-state index contributed by atoms with van der Waals surface area (Å²) in [6.45, 7) is 5.81. The third-order valence-electron chi connectivity index (χ3n) is 5.53. The van der Waals surface area contributed by atoms with Crippen molar-refractivity contribution in [1.82, 2.24) is 10.3 Å². The number of benzene rings is 1. The Morgan fingerprint density at radius 2 is 1.89 bits per heavy atom. The highest BCUT2D eigenvalue weighted by atomic mass is 32.2. The Labute approximate surface area is 210 Å². The quantitative estimate of drug-likeness (QED) is 0.273. The predicted molar refractivity (Wildman–Crippen MR) is 132 cm³/mol. The average Bonchev–Trinajstić information content (AvgIpc) is 2.81. The highest BCUT2D eigenvalue weighted by Crippen LogP contribution is 2.27. The summed E-state index contributed by atoms with van der Waals surface area (Å²) < 4.78 is 65.9. The van der Waals surface area contributed by atoms with Gasteiger partial charge in [0, 0.05) is 51.2 Å². The first-order valence-electron chi connectivity index (χ1n) is 11.2. The first-order valence-corrected chi connectivity index (χ1v) is 12.7. The van der Waals surface area contributed by atoms with Gasteiger partial charge in [-0.15, -0.1) is 13.2 Å². The van der Waals surface area contributed by atoms with Gasteiger partial charge >= 0.3 is 6.36 Å². The van der Waals surface area contributed by atoms with Crippen LogP contribution in [0.2, 0.25) is 0 Å². The van der Waals surface area contributed by atoms with E-state index in [1.54, 1.807) is 13.8 Å². The third-order valence-corrected chi connectivity index (χ3v) is 6.85. The standard InChI is InChI=1S/C17H15F4N3O2.C7H15NOS/c1-9(2)24-14-5-10(8-25)7-23-16(14)15(22)12-6-11(3-4-13(12)18)26-17(19,20)21;1-7(8-2)3-5-10(9)6-4-7/h3-9,22,24H,1-2H3;8H,3-6H2,1-2H3. The highest BCUT2D eigenvalue weighted by molar-refractivity contribution is 7.85. The zero-order valence-corrected chi connectivity index (χ0v) is 21.3. The molecule has 1 aliphatic rings. The molecular formula is C24H30F4N4O3S. The van der Waals surface area contributed by atoms with Crippen LogP contribution in [-0.2, 0) is 10.8 Å². The normalized spacial score (nSPS) is 19.8. The molecule has 1 aromatic carbocycles. The van der Waals surface area contributed by atoms with Crippen molar-refractivity contribution in [1.29, 1.82) is 5.41 Å². The number of ether oxygens (including phenoxy) is 1. The first-order chi connectivity index (χ1) is 16.8. The van der Waals surface area contributed by atoms with Crippen molar-refractivity contribution in [2.45, 2.75) is 51.6 Å². The number of aldehydes is 1. The molecule has 0 spiro atoms. The Bertz CT molecular complexity index is 1100. The first kappa shape index (κ1) is 29.4. The Morgan fingerprint density at radius 1 is 1.25 bits per heavy atom. The largest absolute Gasteiger partial charge is 0.573 e. The van der Waals surface area contributed by atoms with E-state index < -0.39 is 40.0 Å². The van der Waals surface area contributed by atoms with E-state index in [0.29, 0.717) is 6.29 Å². The molecule has 36 heavy (non-hydrogen) atoms. The van der Waals surface area contributed by atoms with Gasteiger partial charge in [0.05, 0.1) is 11.4 Å². The topological polar surface area (TPSA) is 104 Å². The molecule has 0 atom stereocenters. The average molecular weight is 531 g/mol. The Morgan fingerprint density at radius 3 is 2.42 bits per heavy atom. The fourth-order valence-corrected chi connectivity index (χ4v) is 4.90. The number of hydrogen-bond donors (Lipinski definition) is 3. The van der Waals surface area contributed by atoms with Crippen LogP contribution in [0, 0.1) is 11.2 Å². The van der Waals surface area contributed by atoms with Gasteiger partial charge in [-0.05, 0) is 64.9 Å². The molecule has 1 saturated heterocycles. The van der Waals surface area contributed by atoms with E-state index in [-0.39, 0.29) is 28.5 Å². The maximum Gasteiger partial charge on any atom is 0.573 e. The summed E-state index contributed by atoms with van der Waals surface area (Å²) in [6.07, 6.45) is -1.08. The van der Waals surface area contributed by atoms with E-state index >= 15 is 0 Å². The van der Waals surface area contributed by atoms with Crippen molar-refractivity contribution in [2.75, 3.05) is 23.9 Å². The van der Waals surface area contributed by atoms with Crippen LogP contribution in [0.15, 0.2) is 30.5 Å². The summed E-state index contributed by atoms with van der Waals surface area (Å²) in [5, 5.41) is 14.4. The van der Waals surface area contributed by atoms with Crippen LogP contribution in [0.1, 0.15) is 55.2 Å². The molecule has 12 heteroatoms. The number of nitrogens with zero attached hydrogens (tertiary/aromatic N) is 1. The molecule has 0 unspecified atom stereocenters. The number of aromatic nitrogens is 1. The third kappa shape index (κ3) is 8.66. The van der Waals surface area contributed by atoms with E-state index in [9.17, 15) is 26.6 Å². The number of nitrogens with one attached hydrogen (secondary N) is 3. The molecule has 2 aromatic rings. The fraction of sp³-hybridized carbons (Fsp3) is 0.458. The van der Waals surface area contributed by atoms with E-state index in [1.165, 1.54) is 12.3 Å². The van der Waals surface area contributed by atoms with Crippen molar-refractivity contribution in [3.63, 3.8) is 0 Å². The van der Waals surface area contributed by atoms with Crippen LogP contribution in [0.3, 0.4) is 0 Å². The number of alkyl halides is 3. The molecule has 7 nitrogen and oxygen atoms in total. The minimum atomic E-state index is -4.94. The molecule has 0 amide bonds. The van der Waals surface area contributed by atoms with Crippen LogP contribution >= 0.6 is 0 Å². The monoisotopic (exact) mass is 530 g/mol. The van der Waals surface area contributed by atoms with Gasteiger partial charge in [0.25, 0.3) is 0 Å². The van der Waals surface area contributed by atoms with Crippen molar-refractivity contribution in [3.8, 4) is 5.75 Å². The summed E-state index contributed by atoms with van der Waals surface area (Å²) >= 11 is 0. The molecule has 3 N–H and O–H groups in total. The Hall–Kier alpha value is -2.86. The smallest absolute Gasteiger partial charge is 0.406 e. The van der Waals surface area contributed by atoms with Crippen molar-refractivity contribution < 1.29 is 31.3 Å². The summed E-state index contributed by atoms with van der Waals surface area (Å²) in [5.74, 6) is 0.192. The number of carbonyl (C=O) groups is 1. The van der Waals surface area contributed by atoms with E-state index in [1.807, 2.05) is 7.05 Å². The van der Waals surface area contributed by atoms with Gasteiger partial charge in [0.2, 0.25) is 0 Å². The molecule has 1 fully saturated rings. The SMILES string of the molecule is CC(C)Nc1cc(C=O)cnc1C(=N)c1cc(OC(F)(F)F)ccc1F.CNC1(C)CCS(=O)CC1. The number of pyridine rings is 1. The van der Waals surface area contributed by atoms with Crippen LogP contribution < -0.4 is 15.4 Å². The number of carbonyl (C=O) groups excluding carboxylic acids is 1. The molecule has 0 radical (unpaired) electrons. The molecule has 0 saturated carbocycles. The predicted octanol–water partition coefficient (Wildman–Crippen LogP) is 4.68. The Kier molecular flexibility index (Phi) is 10.1. The van der Waals surface area contributed by atoms with Crippen LogP contribution in [0.25, 0.3) is 0 Å². The van der Waals surface area contributed by atoms with Crippen molar-refractivity contribution in [2.24, 2.45) is 0 Å². The highest BCUT2D eigenvalue weighted by Gasteiger charge is 2.31. The molecular weight excluding hydrogens is 500 g/mol. The van der Waals surface area contributed by atoms with Gasteiger partial charge in [0.1, 0.15) is 17.3 Å². The summed E-state index contributed by atoms with van der Waals surface area (Å²) in [5.41, 5.74) is -0.0862. The van der Waals surface area contributed by atoms with Crippen LogP contribution in [0.4, 0.5) is 23.2 Å². The number of rotatable bonds is 7. The molecule has 0 bridgehead atoms. The lowest BCUT2D eigenvalue weighted by Gasteiger charge is -2.32. The second-order valence-electron chi connectivity index (χ2n) is 8.80. The van der Waals surface area contributed by atoms with Gasteiger partial charge in [-0.1, -0.05) is 0 Å². The minimum absolute atomic E-state index is 0.00708. The second kappa shape index (κ2) is 12.4. The molecule has 2 heterocycles. The summed E-state index contributed by atoms with van der Waals surface area (Å²) in [7, 11) is 1.45. The number of halogens is 4. The van der Waals surface area contributed by atoms with Gasteiger partial charge in [0.15, 0.2) is 6.29 Å². The fourth-order valence-electron chi connectivity index (χ4n) is 3.34. The lowest BCUT2D eigenvalue weighted by atomic mass is 9.95. The van der Waals surface area contributed by atoms with E-state index in [2.05, 4.69) is 27.3 Å². The van der Waals surface area contributed by atoms with Crippen LogP contribution in [-0.4, -0.2) is 57.7 Å². The second-order valence-corrected chi connectivity index (χ2v) is 10.5. The van der Waals surface area contributed by atoms with Crippen molar-refractivity contribution >= 4 is 28.5 Å². The molecule has 1 aliphatic heterocycles. The molecule has 0 aliphatic carbocycles. The van der Waals surface area contributed by atoms with Gasteiger partial charge in [-0.25, -0.2) is 4.39 Å². The van der Waals surface area contributed by atoms with Gasteiger partial charge in [-0.3, -0.25) is 19.4 Å². The van der Waals surface area contributed by atoms with E-state index in [0.717, 1.165) is 42.5 Å². The van der Waals surface area contributed by atoms with Crippen molar-refractivity contribution in [3.05, 3.63) is 53.1 Å². The zero-order chi connectivity index (χ0) is 27.1. The lowest BCUT2D eigenvalue weighted by molar-refractivity contribution is -0.274. The summed E-state index contributed by atoms with van der Waals surface area (Å²) in [6, 6.07) is 3.71. The van der Waals surface area contributed by atoms with Crippen LogP contribution in [0.5, 0.6) is 5.75 Å². The maximum absolute atomic E-state index is 14.1. The van der Waals surface area contributed by atoms with Gasteiger partial charge < -0.3 is 15.4 Å². The molecule has 1 aromatic heterocycles. The lowest BCUT2D eigenvalue weighted by Crippen LogP contribution is -2.45. The van der Waals surface area contributed by atoms with Gasteiger partial charge in [-0.2, -0.15) is 0 Å². The molecule has 198 valence electrons. The number of hydrogen-bond acceptors (Lipinski definition) is 7. The molecule has 3 rings (SSSR count). The Balaban J connectivity index is 0.000000380. The minimum Gasteiger partial charge on any atom is -0.406 e. The number of anilines is 1. The maximum atomic E-state index is 14.1. The van der Waals surface area contributed by atoms with E-state index in [4.69, 9.17) is 5.41 Å². The zero-order valence-electron chi connectivity index (χ0n) is 20.5.